The Balaban J connectivity index is 4.27. The third kappa shape index (κ3) is 37.1. The molecule has 0 aromatic heterocycles. The molecule has 1 atom stereocenters. The summed E-state index contributed by atoms with van der Waals surface area (Å²) in [5.74, 6) is -0.839. The van der Waals surface area contributed by atoms with E-state index in [-0.39, 0.29) is 18.5 Å². The van der Waals surface area contributed by atoms with E-state index in [0.717, 1.165) is 122 Å². The van der Waals surface area contributed by atoms with Gasteiger partial charge in [0.05, 0.1) is 0 Å². The Kier molecular flexibility index (Phi) is 35.4. The van der Waals surface area contributed by atoms with Gasteiger partial charge in [-0.2, -0.15) is 0 Å². The van der Waals surface area contributed by atoms with Gasteiger partial charge in [-0.1, -0.05) is 143 Å². The van der Waals surface area contributed by atoms with E-state index in [2.05, 4.69) is 117 Å². The summed E-state index contributed by atoms with van der Waals surface area (Å²) >= 11 is 0. The second-order valence-corrected chi connectivity index (χ2v) is 12.0. The van der Waals surface area contributed by atoms with Gasteiger partial charge in [-0.25, -0.2) is 0 Å². The summed E-state index contributed by atoms with van der Waals surface area (Å²) in [6.45, 7) is 4.30. The molecule has 4 heteroatoms. The largest absolute Gasteiger partial charge is 0.481 e. The van der Waals surface area contributed by atoms with Crippen molar-refractivity contribution in [1.82, 2.24) is 0 Å². The van der Waals surface area contributed by atoms with Gasteiger partial charge >= 0.3 is 11.9 Å². The van der Waals surface area contributed by atoms with Crippen molar-refractivity contribution in [3.63, 3.8) is 0 Å². The van der Waals surface area contributed by atoms with Crippen molar-refractivity contribution in [1.29, 1.82) is 0 Å². The van der Waals surface area contributed by atoms with Crippen molar-refractivity contribution in [3.05, 3.63) is 109 Å². The van der Waals surface area contributed by atoms with E-state index in [1.54, 1.807) is 0 Å². The van der Waals surface area contributed by atoms with Gasteiger partial charge in [0.25, 0.3) is 0 Å². The van der Waals surface area contributed by atoms with Gasteiger partial charge in [0, 0.05) is 12.8 Å². The maximum Gasteiger partial charge on any atom is 0.306 e. The van der Waals surface area contributed by atoms with E-state index < -0.39 is 5.97 Å². The van der Waals surface area contributed by atoms with E-state index in [9.17, 15) is 9.59 Å². The molecule has 0 heterocycles. The zero-order valence-corrected chi connectivity index (χ0v) is 30.5. The van der Waals surface area contributed by atoms with E-state index in [1.807, 2.05) is 6.08 Å². The fraction of sp³-hybridized carbons (Fsp3) is 0.545. The second kappa shape index (κ2) is 38.1. The molecule has 0 aliphatic rings. The Morgan fingerprint density at radius 3 is 1.38 bits per heavy atom. The number of hydrogen-bond donors (Lipinski definition) is 1. The second-order valence-electron chi connectivity index (χ2n) is 12.0. The summed E-state index contributed by atoms with van der Waals surface area (Å²) in [5, 5.41) is 8.80. The number of carbonyl (C=O) groups excluding carboxylic acids is 1. The van der Waals surface area contributed by atoms with Crippen LogP contribution >= 0.6 is 0 Å². The molecule has 0 aromatic rings. The number of unbranched alkanes of at least 4 members (excludes halogenated alkanes) is 7. The van der Waals surface area contributed by atoms with Crippen LogP contribution in [0.1, 0.15) is 149 Å². The SMILES string of the molecule is CC/C=C\C/C=C\C/C=C\C/C=C\C/C=C\CCCCCC(=O)OC(/C=C\C/C=C\C/C=C\C/C=C\CC)CCCCCCCC(=O)O. The fourth-order valence-corrected chi connectivity index (χ4v) is 4.77. The molecule has 0 bridgehead atoms. The van der Waals surface area contributed by atoms with Crippen molar-refractivity contribution < 1.29 is 19.4 Å². The van der Waals surface area contributed by atoms with Crippen LogP contribution < -0.4 is 0 Å². The molecule has 0 saturated carbocycles. The van der Waals surface area contributed by atoms with Crippen LogP contribution in [-0.2, 0) is 14.3 Å². The lowest BCUT2D eigenvalue weighted by Gasteiger charge is -2.14. The van der Waals surface area contributed by atoms with Gasteiger partial charge in [0.15, 0.2) is 0 Å². The van der Waals surface area contributed by atoms with Crippen molar-refractivity contribution in [2.75, 3.05) is 0 Å². The first-order valence-corrected chi connectivity index (χ1v) is 18.9. The number of rotatable bonds is 32. The lowest BCUT2D eigenvalue weighted by Crippen LogP contribution is -2.16. The monoisotopic (exact) mass is 661 g/mol. The average Bonchev–Trinajstić information content (AvgIpc) is 3.07. The van der Waals surface area contributed by atoms with E-state index in [0.29, 0.717) is 6.42 Å². The quantitative estimate of drug-likeness (QED) is 0.0443. The number of allylic oxidation sites excluding steroid dienone is 17. The first kappa shape index (κ1) is 44.6. The van der Waals surface area contributed by atoms with E-state index in [1.165, 1.54) is 0 Å². The van der Waals surface area contributed by atoms with Crippen LogP contribution in [0.15, 0.2) is 109 Å². The van der Waals surface area contributed by atoms with Gasteiger partial charge in [-0.15, -0.1) is 0 Å². The molecule has 0 spiro atoms. The Labute approximate surface area is 294 Å². The Bertz CT molecular complexity index is 1020. The van der Waals surface area contributed by atoms with Gasteiger partial charge in [0.2, 0.25) is 0 Å². The first-order valence-electron chi connectivity index (χ1n) is 18.9. The molecule has 1 unspecified atom stereocenters. The Hall–Kier alpha value is -3.40. The zero-order valence-electron chi connectivity index (χ0n) is 30.5. The summed E-state index contributed by atoms with van der Waals surface area (Å²) < 4.78 is 5.86. The maximum atomic E-state index is 12.6. The van der Waals surface area contributed by atoms with Gasteiger partial charge in [-0.05, 0) is 102 Å². The number of hydrogen-bond acceptors (Lipinski definition) is 3. The van der Waals surface area contributed by atoms with Crippen molar-refractivity contribution in [2.45, 2.75) is 155 Å². The predicted octanol–water partition coefficient (Wildman–Crippen LogP) is 13.2. The molecule has 1 N–H and O–H groups in total. The number of carboxylic acids is 1. The van der Waals surface area contributed by atoms with Gasteiger partial charge in [-0.3, -0.25) is 9.59 Å². The molecule has 268 valence electrons. The summed E-state index contributed by atoms with van der Waals surface area (Å²) in [4.78, 5) is 23.3. The average molecular weight is 661 g/mol. The van der Waals surface area contributed by atoms with Crippen LogP contribution in [0.4, 0.5) is 0 Å². The topological polar surface area (TPSA) is 63.6 Å². The molecule has 0 rings (SSSR count). The standard InChI is InChI=1S/C44H68O4/c1-3-5-7-9-11-13-15-16-17-18-19-20-21-22-24-26-28-33-37-41-44(47)48-42(39-35-31-29-32-36-40-43(45)46)38-34-30-27-25-23-14-12-10-8-6-4-2/h5-8,11-14,16-17,19-20,22,24-25,27,34,38,42H,3-4,9-10,15,18,21,23,26,28-33,35-37,39-41H2,1-2H3,(H,45,46)/b7-5-,8-6-,13-11-,14-12-,17-16-,20-19-,24-22-,27-25-,38-34-. The Morgan fingerprint density at radius 2 is 0.875 bits per heavy atom. The highest BCUT2D eigenvalue weighted by Gasteiger charge is 2.11. The number of aliphatic carboxylic acids is 1. The van der Waals surface area contributed by atoms with Crippen LogP contribution in [0.5, 0.6) is 0 Å². The number of carboxylic acid groups (broad SMARTS) is 1. The minimum Gasteiger partial charge on any atom is -0.481 e. The molecular weight excluding hydrogens is 592 g/mol. The zero-order chi connectivity index (χ0) is 35.0. The van der Waals surface area contributed by atoms with Gasteiger partial charge in [0.1, 0.15) is 6.10 Å². The van der Waals surface area contributed by atoms with E-state index >= 15 is 0 Å². The number of esters is 1. The molecule has 4 nitrogen and oxygen atoms in total. The number of ether oxygens (including phenoxy) is 1. The van der Waals surface area contributed by atoms with Gasteiger partial charge < -0.3 is 9.84 Å². The van der Waals surface area contributed by atoms with Crippen LogP contribution in [0.25, 0.3) is 0 Å². The molecule has 0 aliphatic heterocycles. The lowest BCUT2D eigenvalue weighted by molar-refractivity contribution is -0.147. The minimum atomic E-state index is -0.726. The van der Waals surface area contributed by atoms with Crippen LogP contribution in [0.3, 0.4) is 0 Å². The van der Waals surface area contributed by atoms with E-state index in [4.69, 9.17) is 9.84 Å². The highest BCUT2D eigenvalue weighted by molar-refractivity contribution is 5.69. The molecule has 48 heavy (non-hydrogen) atoms. The summed E-state index contributed by atoms with van der Waals surface area (Å²) in [6, 6.07) is 0. The molecule has 0 aromatic carbocycles. The lowest BCUT2D eigenvalue weighted by atomic mass is 10.1. The first-order chi connectivity index (χ1) is 23.6. The summed E-state index contributed by atoms with van der Waals surface area (Å²) in [5.41, 5.74) is 0. The number of carbonyl (C=O) groups is 2. The smallest absolute Gasteiger partial charge is 0.306 e. The molecule has 0 fully saturated rings. The normalized spacial score (nSPS) is 13.5. The van der Waals surface area contributed by atoms with Crippen LogP contribution in [0, 0.1) is 0 Å². The minimum absolute atomic E-state index is 0.112. The fourth-order valence-electron chi connectivity index (χ4n) is 4.77. The van der Waals surface area contributed by atoms with Crippen LogP contribution in [-0.4, -0.2) is 23.1 Å². The third-order valence-corrected chi connectivity index (χ3v) is 7.47. The van der Waals surface area contributed by atoms with Crippen molar-refractivity contribution in [3.8, 4) is 0 Å². The molecular formula is C44H68O4. The molecule has 0 radical (unpaired) electrons. The van der Waals surface area contributed by atoms with Crippen LogP contribution in [0.2, 0.25) is 0 Å². The highest BCUT2D eigenvalue weighted by Crippen LogP contribution is 2.14. The Morgan fingerprint density at radius 1 is 0.479 bits per heavy atom. The molecule has 0 amide bonds. The van der Waals surface area contributed by atoms with Crippen molar-refractivity contribution >= 4 is 11.9 Å². The molecule has 0 aliphatic carbocycles. The maximum absolute atomic E-state index is 12.6. The molecule has 0 saturated heterocycles. The highest BCUT2D eigenvalue weighted by atomic mass is 16.5. The van der Waals surface area contributed by atoms with Crippen molar-refractivity contribution in [2.24, 2.45) is 0 Å². The predicted molar refractivity (Wildman–Crippen MR) is 208 cm³/mol. The summed E-state index contributed by atoms with van der Waals surface area (Å²) in [6.07, 6.45) is 58.2. The third-order valence-electron chi connectivity index (χ3n) is 7.47. The summed E-state index contributed by atoms with van der Waals surface area (Å²) in [7, 11) is 0.